The van der Waals surface area contributed by atoms with Gasteiger partial charge in [0.1, 0.15) is 5.82 Å². The molecule has 0 unspecified atom stereocenters. The van der Waals surface area contributed by atoms with Crippen molar-refractivity contribution in [1.29, 1.82) is 0 Å². The topological polar surface area (TPSA) is 45.5 Å². The highest BCUT2D eigenvalue weighted by atomic mass is 35.5. The molecule has 2 heterocycles. The van der Waals surface area contributed by atoms with E-state index in [0.717, 1.165) is 52.8 Å². The quantitative estimate of drug-likeness (QED) is 0.693. The largest absolute Gasteiger partial charge is 0.370 e. The summed E-state index contributed by atoms with van der Waals surface area (Å²) in [5.74, 6) is 0.969. The first kappa shape index (κ1) is 16.7. The molecule has 0 radical (unpaired) electrons. The zero-order valence-corrected chi connectivity index (χ0v) is 15.0. The first-order chi connectivity index (χ1) is 11.5. The van der Waals surface area contributed by atoms with Crippen molar-refractivity contribution < 1.29 is 0 Å². The highest BCUT2D eigenvalue weighted by Crippen LogP contribution is 2.26. The van der Waals surface area contributed by atoms with Gasteiger partial charge >= 0.3 is 0 Å². The SMILES string of the molecule is Cc1cc(NCCCN(C)C)n2ncc(-c3ccc(Cl)cc3)c2n1. The minimum Gasteiger partial charge on any atom is -0.370 e. The first-order valence-corrected chi connectivity index (χ1v) is 8.42. The van der Waals surface area contributed by atoms with Crippen LogP contribution in [0.1, 0.15) is 12.1 Å². The molecule has 1 N–H and O–H groups in total. The maximum Gasteiger partial charge on any atom is 0.165 e. The number of nitrogens with zero attached hydrogens (tertiary/aromatic N) is 4. The predicted octanol–water partition coefficient (Wildman–Crippen LogP) is 3.72. The third kappa shape index (κ3) is 3.68. The molecule has 0 amide bonds. The van der Waals surface area contributed by atoms with Crippen LogP contribution in [-0.4, -0.2) is 46.7 Å². The van der Waals surface area contributed by atoms with Crippen LogP contribution in [0.2, 0.25) is 5.02 Å². The van der Waals surface area contributed by atoms with Crippen LogP contribution < -0.4 is 5.32 Å². The van der Waals surface area contributed by atoms with Crippen LogP contribution in [0.4, 0.5) is 5.82 Å². The number of anilines is 1. The second-order valence-corrected chi connectivity index (χ2v) is 6.60. The van der Waals surface area contributed by atoms with Crippen LogP contribution in [-0.2, 0) is 0 Å². The van der Waals surface area contributed by atoms with Crippen molar-refractivity contribution in [2.24, 2.45) is 0 Å². The molecule has 0 saturated carbocycles. The molecule has 24 heavy (non-hydrogen) atoms. The molecule has 3 rings (SSSR count). The monoisotopic (exact) mass is 343 g/mol. The summed E-state index contributed by atoms with van der Waals surface area (Å²) in [6.07, 6.45) is 2.93. The molecule has 6 heteroatoms. The molecule has 0 atom stereocenters. The van der Waals surface area contributed by atoms with Gasteiger partial charge in [0, 0.05) is 28.9 Å². The van der Waals surface area contributed by atoms with E-state index in [0.29, 0.717) is 0 Å². The fraction of sp³-hybridized carbons (Fsp3) is 0.333. The Bertz CT molecular complexity index is 823. The minimum atomic E-state index is 0.725. The lowest BCUT2D eigenvalue weighted by atomic mass is 10.1. The zero-order valence-electron chi connectivity index (χ0n) is 14.3. The van der Waals surface area contributed by atoms with Gasteiger partial charge in [-0.1, -0.05) is 23.7 Å². The van der Waals surface area contributed by atoms with E-state index < -0.39 is 0 Å². The van der Waals surface area contributed by atoms with Gasteiger partial charge in [-0.2, -0.15) is 9.61 Å². The minimum absolute atomic E-state index is 0.725. The average molecular weight is 344 g/mol. The average Bonchev–Trinajstić information content (AvgIpc) is 2.95. The van der Waals surface area contributed by atoms with E-state index in [2.05, 4.69) is 34.4 Å². The Hall–Kier alpha value is -2.11. The molecule has 5 nitrogen and oxygen atoms in total. The Balaban J connectivity index is 1.90. The van der Waals surface area contributed by atoms with Crippen molar-refractivity contribution >= 4 is 23.1 Å². The van der Waals surface area contributed by atoms with Crippen molar-refractivity contribution in [3.05, 3.63) is 47.2 Å². The molecule has 0 bridgehead atoms. The fourth-order valence-electron chi connectivity index (χ4n) is 2.65. The summed E-state index contributed by atoms with van der Waals surface area (Å²) >= 11 is 5.98. The van der Waals surface area contributed by atoms with Crippen LogP contribution >= 0.6 is 11.6 Å². The number of aromatic nitrogens is 3. The molecule has 126 valence electrons. The first-order valence-electron chi connectivity index (χ1n) is 8.04. The fourth-order valence-corrected chi connectivity index (χ4v) is 2.78. The van der Waals surface area contributed by atoms with Crippen molar-refractivity contribution in [3.8, 4) is 11.1 Å². The van der Waals surface area contributed by atoms with E-state index in [1.165, 1.54) is 0 Å². The summed E-state index contributed by atoms with van der Waals surface area (Å²) in [6.45, 7) is 3.95. The van der Waals surface area contributed by atoms with E-state index >= 15 is 0 Å². The second kappa shape index (κ2) is 7.20. The predicted molar refractivity (Wildman–Crippen MR) is 99.8 cm³/mol. The van der Waals surface area contributed by atoms with Crippen LogP contribution in [0.15, 0.2) is 36.5 Å². The molecule has 0 spiro atoms. The van der Waals surface area contributed by atoms with Crippen LogP contribution in [0, 0.1) is 6.92 Å². The number of halogens is 1. The van der Waals surface area contributed by atoms with Gasteiger partial charge in [-0.05, 0) is 51.7 Å². The van der Waals surface area contributed by atoms with Crippen molar-refractivity contribution in [2.45, 2.75) is 13.3 Å². The van der Waals surface area contributed by atoms with Gasteiger partial charge in [0.25, 0.3) is 0 Å². The smallest absolute Gasteiger partial charge is 0.165 e. The molecule has 0 fully saturated rings. The van der Waals surface area contributed by atoms with Gasteiger partial charge in [-0.25, -0.2) is 4.98 Å². The molecule has 0 aliphatic carbocycles. The lowest BCUT2D eigenvalue weighted by Crippen LogP contribution is -2.17. The molecule has 0 aliphatic rings. The maximum atomic E-state index is 5.98. The van der Waals surface area contributed by atoms with Gasteiger partial charge in [0.2, 0.25) is 0 Å². The Morgan fingerprint density at radius 2 is 1.96 bits per heavy atom. The van der Waals surface area contributed by atoms with Gasteiger partial charge < -0.3 is 10.2 Å². The summed E-state index contributed by atoms with van der Waals surface area (Å²) in [7, 11) is 4.17. The highest BCUT2D eigenvalue weighted by Gasteiger charge is 2.11. The van der Waals surface area contributed by atoms with Gasteiger partial charge in [-0.3, -0.25) is 0 Å². The Morgan fingerprint density at radius 3 is 2.67 bits per heavy atom. The van der Waals surface area contributed by atoms with Gasteiger partial charge in [0.15, 0.2) is 5.65 Å². The standard InChI is InChI=1S/C18H22ClN5/c1-13-11-17(20-9-4-10-23(2)3)24-18(22-13)16(12-21-24)14-5-7-15(19)8-6-14/h5-8,11-12,20H,4,9-10H2,1-3H3. The van der Waals surface area contributed by atoms with E-state index in [9.17, 15) is 0 Å². The Morgan fingerprint density at radius 1 is 1.21 bits per heavy atom. The number of aryl methyl sites for hydroxylation is 1. The van der Waals surface area contributed by atoms with Crippen molar-refractivity contribution in [2.75, 3.05) is 32.5 Å². The van der Waals surface area contributed by atoms with E-state index in [1.807, 2.05) is 48.0 Å². The molecule has 2 aromatic heterocycles. The maximum absolute atomic E-state index is 5.98. The number of fused-ring (bicyclic) bond motifs is 1. The van der Waals surface area contributed by atoms with Crippen LogP contribution in [0.5, 0.6) is 0 Å². The molecule has 0 saturated heterocycles. The molecule has 0 aliphatic heterocycles. The normalized spacial score (nSPS) is 11.4. The van der Waals surface area contributed by atoms with E-state index in [1.54, 1.807) is 0 Å². The molecule has 3 aromatic rings. The van der Waals surface area contributed by atoms with Crippen LogP contribution in [0.25, 0.3) is 16.8 Å². The van der Waals surface area contributed by atoms with Gasteiger partial charge in [-0.15, -0.1) is 0 Å². The number of nitrogens with one attached hydrogen (secondary N) is 1. The van der Waals surface area contributed by atoms with Gasteiger partial charge in [0.05, 0.1) is 6.20 Å². The third-order valence-electron chi connectivity index (χ3n) is 3.84. The molecular weight excluding hydrogens is 322 g/mol. The van der Waals surface area contributed by atoms with E-state index in [-0.39, 0.29) is 0 Å². The van der Waals surface area contributed by atoms with Crippen molar-refractivity contribution in [3.63, 3.8) is 0 Å². The number of hydrogen-bond acceptors (Lipinski definition) is 4. The molecular formula is C18H22ClN5. The van der Waals surface area contributed by atoms with Crippen LogP contribution in [0.3, 0.4) is 0 Å². The van der Waals surface area contributed by atoms with Crippen molar-refractivity contribution in [1.82, 2.24) is 19.5 Å². The highest BCUT2D eigenvalue weighted by molar-refractivity contribution is 6.30. The lowest BCUT2D eigenvalue weighted by molar-refractivity contribution is 0.405. The Kier molecular flexibility index (Phi) is 5.02. The number of benzene rings is 1. The number of hydrogen-bond donors (Lipinski definition) is 1. The summed E-state index contributed by atoms with van der Waals surface area (Å²) < 4.78 is 1.87. The zero-order chi connectivity index (χ0) is 17.1. The third-order valence-corrected chi connectivity index (χ3v) is 4.10. The summed E-state index contributed by atoms with van der Waals surface area (Å²) in [5, 5.41) is 8.72. The lowest BCUT2D eigenvalue weighted by Gasteiger charge is -2.12. The summed E-state index contributed by atoms with van der Waals surface area (Å²) in [5.41, 5.74) is 3.89. The Labute approximate surface area is 147 Å². The second-order valence-electron chi connectivity index (χ2n) is 6.17. The van der Waals surface area contributed by atoms with E-state index in [4.69, 9.17) is 11.6 Å². The summed E-state index contributed by atoms with van der Waals surface area (Å²) in [6, 6.07) is 9.79. The molecule has 1 aromatic carbocycles. The number of rotatable bonds is 6. The summed E-state index contributed by atoms with van der Waals surface area (Å²) in [4.78, 5) is 6.85.